The number of rotatable bonds is 14. The number of amides is 4. The van der Waals surface area contributed by atoms with Crippen molar-refractivity contribution in [1.29, 1.82) is 0 Å². The van der Waals surface area contributed by atoms with Gasteiger partial charge in [-0.1, -0.05) is 30.3 Å². The van der Waals surface area contributed by atoms with Gasteiger partial charge >= 0.3 is 5.97 Å². The van der Waals surface area contributed by atoms with Gasteiger partial charge in [0.05, 0.1) is 12.5 Å². The highest BCUT2D eigenvalue weighted by molar-refractivity contribution is 5.95. The number of carbonyl (C=O) groups is 5. The molecule has 12 nitrogen and oxygen atoms in total. The van der Waals surface area contributed by atoms with E-state index >= 15 is 0 Å². The van der Waals surface area contributed by atoms with E-state index in [0.29, 0.717) is 32.2 Å². The number of likely N-dealkylation sites (tertiary alicyclic amines) is 1. The molecule has 1 heterocycles. The normalized spacial score (nSPS) is 17.6. The van der Waals surface area contributed by atoms with Gasteiger partial charge in [0.1, 0.15) is 18.1 Å². The van der Waals surface area contributed by atoms with Gasteiger partial charge in [0.15, 0.2) is 0 Å². The molecule has 1 saturated heterocycles. The van der Waals surface area contributed by atoms with E-state index in [9.17, 15) is 29.1 Å². The molecule has 0 aromatic heterocycles. The molecule has 1 aliphatic rings. The SMILES string of the molecule is NCCCCC(NC(=O)C(Cc1ccccc1)NC(=O)C(N)CC(N)=O)C(=O)N1CCCC1C(=O)O. The van der Waals surface area contributed by atoms with Gasteiger partial charge < -0.3 is 37.8 Å². The molecule has 4 amide bonds. The van der Waals surface area contributed by atoms with Gasteiger partial charge in [-0.25, -0.2) is 4.79 Å². The van der Waals surface area contributed by atoms with Crippen LogP contribution in [0.25, 0.3) is 0 Å². The molecule has 36 heavy (non-hydrogen) atoms. The third-order valence-corrected chi connectivity index (χ3v) is 6.06. The number of unbranched alkanes of at least 4 members (excludes halogenated alkanes) is 1. The van der Waals surface area contributed by atoms with Crippen LogP contribution in [0.4, 0.5) is 0 Å². The zero-order valence-corrected chi connectivity index (χ0v) is 20.2. The molecular formula is C24H36N6O6. The molecule has 9 N–H and O–H groups in total. The summed E-state index contributed by atoms with van der Waals surface area (Å²) in [7, 11) is 0. The first-order chi connectivity index (χ1) is 17.1. The number of nitrogens with one attached hydrogen (secondary N) is 2. The van der Waals surface area contributed by atoms with E-state index in [1.54, 1.807) is 30.3 Å². The molecule has 198 valence electrons. The van der Waals surface area contributed by atoms with Gasteiger partial charge in [0.2, 0.25) is 23.6 Å². The van der Waals surface area contributed by atoms with Gasteiger partial charge in [-0.05, 0) is 44.2 Å². The Balaban J connectivity index is 2.22. The highest BCUT2D eigenvalue weighted by Gasteiger charge is 2.38. The highest BCUT2D eigenvalue weighted by atomic mass is 16.4. The van der Waals surface area contributed by atoms with Gasteiger partial charge in [0.25, 0.3) is 0 Å². The number of carboxylic acids is 1. The highest BCUT2D eigenvalue weighted by Crippen LogP contribution is 2.20. The lowest BCUT2D eigenvalue weighted by Gasteiger charge is -2.29. The fraction of sp³-hybridized carbons (Fsp3) is 0.542. The Morgan fingerprint density at radius 2 is 1.69 bits per heavy atom. The molecule has 0 bridgehead atoms. The third kappa shape index (κ3) is 8.61. The lowest BCUT2D eigenvalue weighted by atomic mass is 10.0. The standard InChI is InChI=1S/C24H36N6O6/c25-11-5-4-9-17(23(34)30-12-6-10-19(30)24(35)36)28-22(33)18(13-15-7-2-1-3-8-15)29-21(32)16(26)14-20(27)31/h1-3,7-8,16-19H,4-6,9-14,25-26H2,(H2,27,31)(H,28,33)(H,29,32)(H,35,36). The average Bonchev–Trinajstić information content (AvgIpc) is 3.33. The van der Waals surface area contributed by atoms with Crippen LogP contribution in [0, 0.1) is 0 Å². The molecule has 0 aliphatic carbocycles. The minimum absolute atomic E-state index is 0.104. The maximum absolute atomic E-state index is 13.3. The second kappa shape index (κ2) is 14.1. The molecule has 1 aromatic rings. The molecule has 1 aromatic carbocycles. The van der Waals surface area contributed by atoms with E-state index < -0.39 is 60.2 Å². The van der Waals surface area contributed by atoms with Crippen LogP contribution in [-0.2, 0) is 30.4 Å². The first-order valence-electron chi connectivity index (χ1n) is 12.1. The Morgan fingerprint density at radius 1 is 1.03 bits per heavy atom. The van der Waals surface area contributed by atoms with Crippen LogP contribution < -0.4 is 27.8 Å². The Hall–Kier alpha value is -3.51. The second-order valence-corrected chi connectivity index (χ2v) is 8.90. The number of carboxylic acid groups (broad SMARTS) is 1. The van der Waals surface area contributed by atoms with Gasteiger partial charge in [0, 0.05) is 13.0 Å². The van der Waals surface area contributed by atoms with E-state index in [1.807, 2.05) is 0 Å². The molecule has 4 atom stereocenters. The summed E-state index contributed by atoms with van der Waals surface area (Å²) < 4.78 is 0. The van der Waals surface area contributed by atoms with Crippen molar-refractivity contribution in [2.24, 2.45) is 17.2 Å². The van der Waals surface area contributed by atoms with Crippen LogP contribution in [0.5, 0.6) is 0 Å². The maximum Gasteiger partial charge on any atom is 0.326 e. The van der Waals surface area contributed by atoms with E-state index in [4.69, 9.17) is 17.2 Å². The van der Waals surface area contributed by atoms with Crippen LogP contribution in [0.1, 0.15) is 44.1 Å². The van der Waals surface area contributed by atoms with Crippen molar-refractivity contribution >= 4 is 29.6 Å². The molecule has 0 saturated carbocycles. The van der Waals surface area contributed by atoms with Crippen molar-refractivity contribution in [2.75, 3.05) is 13.1 Å². The average molecular weight is 505 g/mol. The van der Waals surface area contributed by atoms with Crippen molar-refractivity contribution < 1.29 is 29.1 Å². The third-order valence-electron chi connectivity index (χ3n) is 6.06. The predicted octanol–water partition coefficient (Wildman–Crippen LogP) is -1.39. The van der Waals surface area contributed by atoms with Crippen LogP contribution in [-0.4, -0.2) is 76.9 Å². The maximum atomic E-state index is 13.3. The summed E-state index contributed by atoms with van der Waals surface area (Å²) in [5.41, 5.74) is 17.2. The number of carbonyl (C=O) groups excluding carboxylic acids is 4. The smallest absolute Gasteiger partial charge is 0.326 e. The molecule has 1 fully saturated rings. The van der Waals surface area contributed by atoms with Crippen LogP contribution in [0.2, 0.25) is 0 Å². The zero-order chi connectivity index (χ0) is 26.7. The van der Waals surface area contributed by atoms with Gasteiger partial charge in [-0.15, -0.1) is 0 Å². The van der Waals surface area contributed by atoms with Crippen molar-refractivity contribution in [3.05, 3.63) is 35.9 Å². The number of benzene rings is 1. The summed E-state index contributed by atoms with van der Waals surface area (Å²) in [4.78, 5) is 63.2. The summed E-state index contributed by atoms with van der Waals surface area (Å²) in [6.07, 6.45) is 2.03. The van der Waals surface area contributed by atoms with E-state index in [2.05, 4.69) is 10.6 Å². The number of nitrogens with zero attached hydrogens (tertiary/aromatic N) is 1. The molecule has 0 spiro atoms. The number of nitrogens with two attached hydrogens (primary N) is 3. The molecule has 2 rings (SSSR count). The summed E-state index contributed by atoms with van der Waals surface area (Å²) in [6, 6.07) is 4.65. The molecule has 12 heteroatoms. The fourth-order valence-corrected chi connectivity index (χ4v) is 4.16. The largest absolute Gasteiger partial charge is 0.480 e. The first kappa shape index (κ1) is 28.7. The van der Waals surface area contributed by atoms with Crippen molar-refractivity contribution in [3.63, 3.8) is 0 Å². The minimum Gasteiger partial charge on any atom is -0.480 e. The van der Waals surface area contributed by atoms with Crippen molar-refractivity contribution in [2.45, 2.75) is 69.1 Å². The monoisotopic (exact) mass is 504 g/mol. The Bertz CT molecular complexity index is 927. The summed E-state index contributed by atoms with van der Waals surface area (Å²) >= 11 is 0. The van der Waals surface area contributed by atoms with E-state index in [0.717, 1.165) is 5.56 Å². The second-order valence-electron chi connectivity index (χ2n) is 8.90. The number of hydrogen-bond acceptors (Lipinski definition) is 7. The van der Waals surface area contributed by atoms with Crippen molar-refractivity contribution in [1.82, 2.24) is 15.5 Å². The molecule has 1 aliphatic heterocycles. The predicted molar refractivity (Wildman–Crippen MR) is 131 cm³/mol. The number of primary amides is 1. The quantitative estimate of drug-likeness (QED) is 0.166. The fourth-order valence-electron chi connectivity index (χ4n) is 4.16. The van der Waals surface area contributed by atoms with Gasteiger partial charge in [-0.2, -0.15) is 0 Å². The van der Waals surface area contributed by atoms with Crippen molar-refractivity contribution in [3.8, 4) is 0 Å². The molecule has 4 unspecified atom stereocenters. The summed E-state index contributed by atoms with van der Waals surface area (Å²) in [6.45, 7) is 0.686. The summed E-state index contributed by atoms with van der Waals surface area (Å²) in [5, 5.41) is 14.7. The van der Waals surface area contributed by atoms with E-state index in [-0.39, 0.29) is 19.4 Å². The van der Waals surface area contributed by atoms with Crippen LogP contribution in [0.3, 0.4) is 0 Å². The van der Waals surface area contributed by atoms with Crippen LogP contribution in [0.15, 0.2) is 30.3 Å². The van der Waals surface area contributed by atoms with Crippen LogP contribution >= 0.6 is 0 Å². The van der Waals surface area contributed by atoms with E-state index in [1.165, 1.54) is 4.90 Å². The Morgan fingerprint density at radius 3 is 2.31 bits per heavy atom. The Kier molecular flexibility index (Phi) is 11.3. The minimum atomic E-state index is -1.24. The zero-order valence-electron chi connectivity index (χ0n) is 20.2. The Labute approximate surface area is 209 Å². The molecular weight excluding hydrogens is 468 g/mol. The lowest BCUT2D eigenvalue weighted by molar-refractivity contribution is -0.149. The molecule has 0 radical (unpaired) electrons. The number of aliphatic carboxylic acids is 1. The first-order valence-corrected chi connectivity index (χ1v) is 12.1. The van der Waals surface area contributed by atoms with Gasteiger partial charge in [-0.3, -0.25) is 19.2 Å². The lowest BCUT2D eigenvalue weighted by Crippen LogP contribution is -2.57. The topological polar surface area (TPSA) is 211 Å². The number of hydrogen-bond donors (Lipinski definition) is 6. The summed E-state index contributed by atoms with van der Waals surface area (Å²) in [5.74, 6) is -3.70.